The number of halogens is 2. The van der Waals surface area contributed by atoms with E-state index in [9.17, 15) is 8.78 Å². The molecular weight excluding hydrogens is 182 g/mol. The van der Waals surface area contributed by atoms with Gasteiger partial charge in [-0.1, -0.05) is 12.1 Å². The molecule has 0 unspecified atom stereocenters. The molecule has 0 spiro atoms. The Kier molecular flexibility index (Phi) is 2.80. The third-order valence-corrected chi connectivity index (χ3v) is 2.98. The zero-order valence-electron chi connectivity index (χ0n) is 8.05. The van der Waals surface area contributed by atoms with Crippen LogP contribution in [0.25, 0.3) is 0 Å². The van der Waals surface area contributed by atoms with Gasteiger partial charge in [0.25, 0.3) is 0 Å². The second kappa shape index (κ2) is 4.07. The molecular formula is C12H14F2. The summed E-state index contributed by atoms with van der Waals surface area (Å²) in [6.07, 6.45) is 2.32. The Balaban J connectivity index is 2.08. The first kappa shape index (κ1) is 9.63. The highest BCUT2D eigenvalue weighted by Crippen LogP contribution is 2.33. The van der Waals surface area contributed by atoms with E-state index in [1.54, 1.807) is 12.1 Å². The summed E-state index contributed by atoms with van der Waals surface area (Å²) in [4.78, 5) is 0. The fraction of sp³-hybridized carbons (Fsp3) is 0.500. The standard InChI is InChI=1S/C12H14F2/c13-11-6-4-9(5-7-11)10-2-1-3-12(14)8-10/h1-3,8-9,11H,4-7H2. The van der Waals surface area contributed by atoms with E-state index < -0.39 is 6.17 Å². The molecule has 76 valence electrons. The Morgan fingerprint density at radius 1 is 1.07 bits per heavy atom. The zero-order valence-corrected chi connectivity index (χ0v) is 8.05. The molecule has 0 N–H and O–H groups in total. The molecule has 1 aliphatic rings. The van der Waals surface area contributed by atoms with Crippen molar-refractivity contribution in [3.63, 3.8) is 0 Å². The van der Waals surface area contributed by atoms with Gasteiger partial charge in [-0.3, -0.25) is 0 Å². The molecule has 14 heavy (non-hydrogen) atoms. The minimum atomic E-state index is -0.639. The van der Waals surface area contributed by atoms with Crippen LogP contribution in [0, 0.1) is 5.82 Å². The van der Waals surface area contributed by atoms with Crippen molar-refractivity contribution in [2.45, 2.75) is 37.8 Å². The van der Waals surface area contributed by atoms with Crippen LogP contribution in [0.15, 0.2) is 24.3 Å². The van der Waals surface area contributed by atoms with Crippen LogP contribution in [0.3, 0.4) is 0 Å². The lowest BCUT2D eigenvalue weighted by molar-refractivity contribution is 0.235. The van der Waals surface area contributed by atoms with Crippen LogP contribution >= 0.6 is 0 Å². The van der Waals surface area contributed by atoms with E-state index in [0.717, 1.165) is 18.4 Å². The van der Waals surface area contributed by atoms with Gasteiger partial charge in [-0.25, -0.2) is 8.78 Å². The first-order valence-electron chi connectivity index (χ1n) is 5.15. The highest BCUT2D eigenvalue weighted by molar-refractivity contribution is 5.21. The van der Waals surface area contributed by atoms with Crippen molar-refractivity contribution in [2.24, 2.45) is 0 Å². The molecule has 1 aromatic carbocycles. The lowest BCUT2D eigenvalue weighted by Crippen LogP contribution is -2.13. The van der Waals surface area contributed by atoms with Crippen molar-refractivity contribution >= 4 is 0 Å². The van der Waals surface area contributed by atoms with Gasteiger partial charge < -0.3 is 0 Å². The Bertz CT molecular complexity index is 301. The molecule has 0 saturated heterocycles. The van der Waals surface area contributed by atoms with Gasteiger partial charge in [0.05, 0.1) is 0 Å². The van der Waals surface area contributed by atoms with Crippen molar-refractivity contribution in [2.75, 3.05) is 0 Å². The monoisotopic (exact) mass is 196 g/mol. The van der Waals surface area contributed by atoms with Crippen LogP contribution in [-0.2, 0) is 0 Å². The maximum atomic E-state index is 12.9. The normalized spacial score (nSPS) is 27.6. The quantitative estimate of drug-likeness (QED) is 0.640. The number of rotatable bonds is 1. The number of alkyl halides is 1. The highest BCUT2D eigenvalue weighted by Gasteiger charge is 2.21. The first-order chi connectivity index (χ1) is 6.75. The maximum absolute atomic E-state index is 12.9. The fourth-order valence-corrected chi connectivity index (χ4v) is 2.15. The third-order valence-electron chi connectivity index (χ3n) is 2.98. The summed E-state index contributed by atoms with van der Waals surface area (Å²) >= 11 is 0. The van der Waals surface area contributed by atoms with Gasteiger partial charge in [-0.05, 0) is 49.3 Å². The van der Waals surface area contributed by atoms with E-state index in [0.29, 0.717) is 18.8 Å². The first-order valence-corrected chi connectivity index (χ1v) is 5.15. The lowest BCUT2D eigenvalue weighted by atomic mass is 9.83. The van der Waals surface area contributed by atoms with Crippen molar-refractivity contribution in [3.05, 3.63) is 35.6 Å². The van der Waals surface area contributed by atoms with Crippen LogP contribution < -0.4 is 0 Å². The second-order valence-corrected chi connectivity index (χ2v) is 4.00. The summed E-state index contributed by atoms with van der Waals surface area (Å²) in [5.41, 5.74) is 1.02. The molecule has 2 rings (SSSR count). The molecule has 0 nitrogen and oxygen atoms in total. The summed E-state index contributed by atoms with van der Waals surface area (Å²) in [5.74, 6) is 0.169. The van der Waals surface area contributed by atoms with Gasteiger partial charge in [-0.2, -0.15) is 0 Å². The van der Waals surface area contributed by atoms with Crippen molar-refractivity contribution in [1.82, 2.24) is 0 Å². The van der Waals surface area contributed by atoms with E-state index in [-0.39, 0.29) is 5.82 Å². The Morgan fingerprint density at radius 3 is 2.43 bits per heavy atom. The molecule has 1 fully saturated rings. The smallest absolute Gasteiger partial charge is 0.123 e. The molecule has 0 aliphatic heterocycles. The van der Waals surface area contributed by atoms with Gasteiger partial charge in [-0.15, -0.1) is 0 Å². The molecule has 1 aromatic rings. The summed E-state index contributed by atoms with van der Waals surface area (Å²) in [6.45, 7) is 0. The van der Waals surface area contributed by atoms with Crippen LogP contribution in [0.2, 0.25) is 0 Å². The van der Waals surface area contributed by atoms with Crippen LogP contribution in [0.4, 0.5) is 8.78 Å². The van der Waals surface area contributed by atoms with Crippen molar-refractivity contribution in [3.8, 4) is 0 Å². The molecule has 0 atom stereocenters. The SMILES string of the molecule is Fc1cccc(C2CCC(F)CC2)c1. The van der Waals surface area contributed by atoms with Gasteiger partial charge in [0, 0.05) is 0 Å². The maximum Gasteiger partial charge on any atom is 0.123 e. The van der Waals surface area contributed by atoms with Crippen LogP contribution in [0.5, 0.6) is 0 Å². The Hall–Kier alpha value is -0.920. The van der Waals surface area contributed by atoms with Crippen molar-refractivity contribution in [1.29, 1.82) is 0 Å². The van der Waals surface area contributed by atoms with E-state index in [2.05, 4.69) is 0 Å². The predicted octanol–water partition coefficient (Wildman–Crippen LogP) is 3.82. The van der Waals surface area contributed by atoms with Gasteiger partial charge >= 0.3 is 0 Å². The molecule has 1 aliphatic carbocycles. The third kappa shape index (κ3) is 2.11. The molecule has 0 bridgehead atoms. The zero-order chi connectivity index (χ0) is 9.97. The fourth-order valence-electron chi connectivity index (χ4n) is 2.15. The topological polar surface area (TPSA) is 0 Å². The van der Waals surface area contributed by atoms with Gasteiger partial charge in [0.15, 0.2) is 0 Å². The minimum Gasteiger partial charge on any atom is -0.247 e. The molecule has 0 aromatic heterocycles. The number of hydrogen-bond acceptors (Lipinski definition) is 0. The molecule has 0 amide bonds. The number of hydrogen-bond donors (Lipinski definition) is 0. The molecule has 2 heteroatoms. The summed E-state index contributed by atoms with van der Waals surface area (Å²) in [5, 5.41) is 0. The summed E-state index contributed by atoms with van der Waals surface area (Å²) < 4.78 is 25.8. The van der Waals surface area contributed by atoms with E-state index in [1.165, 1.54) is 6.07 Å². The van der Waals surface area contributed by atoms with Crippen LogP contribution in [-0.4, -0.2) is 6.17 Å². The Labute approximate surface area is 82.9 Å². The highest BCUT2D eigenvalue weighted by atomic mass is 19.1. The lowest BCUT2D eigenvalue weighted by Gasteiger charge is -2.24. The van der Waals surface area contributed by atoms with E-state index in [4.69, 9.17) is 0 Å². The predicted molar refractivity (Wildman–Crippen MR) is 52.5 cm³/mol. The summed E-state index contributed by atoms with van der Waals surface area (Å²) in [7, 11) is 0. The van der Waals surface area contributed by atoms with Crippen LogP contribution in [0.1, 0.15) is 37.2 Å². The van der Waals surface area contributed by atoms with Gasteiger partial charge in [0.1, 0.15) is 12.0 Å². The van der Waals surface area contributed by atoms with Crippen molar-refractivity contribution < 1.29 is 8.78 Å². The Morgan fingerprint density at radius 2 is 1.79 bits per heavy atom. The molecule has 1 saturated carbocycles. The average Bonchev–Trinajstić information content (AvgIpc) is 2.19. The largest absolute Gasteiger partial charge is 0.247 e. The van der Waals surface area contributed by atoms with E-state index >= 15 is 0 Å². The van der Waals surface area contributed by atoms with E-state index in [1.807, 2.05) is 6.07 Å². The number of benzene rings is 1. The summed E-state index contributed by atoms with van der Waals surface area (Å²) in [6, 6.07) is 6.69. The molecule has 0 radical (unpaired) electrons. The van der Waals surface area contributed by atoms with Gasteiger partial charge in [0.2, 0.25) is 0 Å². The minimum absolute atomic E-state index is 0.190. The molecule has 0 heterocycles. The average molecular weight is 196 g/mol. The second-order valence-electron chi connectivity index (χ2n) is 4.00.